The average Bonchev–Trinajstić information content (AvgIpc) is 2.90. The number of carbonyl (C=O) groups is 1. The summed E-state index contributed by atoms with van der Waals surface area (Å²) in [6, 6.07) is 0. The monoisotopic (exact) mass is 224 g/mol. The Morgan fingerprint density at radius 1 is 1.60 bits per heavy atom. The minimum atomic E-state index is -0.219. The standard InChI is InChI=1S/C7H8N6OS/c14-7(5-3-11-15-13-5)8-2-1-6-9-4-10-12-6/h3-4H,1-2H2,(H,8,14)(H,9,10,12). The summed E-state index contributed by atoms with van der Waals surface area (Å²) in [6.45, 7) is 0.492. The first-order chi connectivity index (χ1) is 7.36. The van der Waals surface area contributed by atoms with Crippen LogP contribution in [0.2, 0.25) is 0 Å². The van der Waals surface area contributed by atoms with E-state index in [0.29, 0.717) is 18.7 Å². The molecule has 0 saturated heterocycles. The molecule has 2 heterocycles. The average molecular weight is 224 g/mol. The van der Waals surface area contributed by atoms with Gasteiger partial charge in [0, 0.05) is 13.0 Å². The van der Waals surface area contributed by atoms with E-state index in [1.807, 2.05) is 0 Å². The molecule has 0 fully saturated rings. The smallest absolute Gasteiger partial charge is 0.272 e. The van der Waals surface area contributed by atoms with E-state index in [1.54, 1.807) is 0 Å². The Labute approximate surface area is 89.3 Å². The molecule has 0 radical (unpaired) electrons. The quantitative estimate of drug-likeness (QED) is 0.738. The Hall–Kier alpha value is -1.83. The van der Waals surface area contributed by atoms with Crippen LogP contribution in [0.5, 0.6) is 0 Å². The largest absolute Gasteiger partial charge is 0.350 e. The normalized spacial score (nSPS) is 10.1. The van der Waals surface area contributed by atoms with E-state index in [9.17, 15) is 4.79 Å². The topological polar surface area (TPSA) is 96.5 Å². The van der Waals surface area contributed by atoms with Crippen LogP contribution in [-0.2, 0) is 6.42 Å². The highest BCUT2D eigenvalue weighted by atomic mass is 32.1. The molecule has 2 aromatic rings. The number of nitrogens with zero attached hydrogens (tertiary/aromatic N) is 4. The van der Waals surface area contributed by atoms with Crippen molar-refractivity contribution in [3.05, 3.63) is 24.0 Å². The van der Waals surface area contributed by atoms with Crippen LogP contribution in [0.4, 0.5) is 0 Å². The number of hydrogen-bond acceptors (Lipinski definition) is 6. The summed E-state index contributed by atoms with van der Waals surface area (Å²) in [4.78, 5) is 15.3. The van der Waals surface area contributed by atoms with Gasteiger partial charge in [-0.1, -0.05) is 0 Å². The van der Waals surface area contributed by atoms with Gasteiger partial charge in [-0.15, -0.1) is 0 Å². The number of rotatable bonds is 4. The van der Waals surface area contributed by atoms with Crippen molar-refractivity contribution in [2.75, 3.05) is 6.54 Å². The molecule has 0 spiro atoms. The summed E-state index contributed by atoms with van der Waals surface area (Å²) in [5.74, 6) is 0.523. The SMILES string of the molecule is O=C(NCCc1ncn[nH]1)c1cnsn1. The third-order valence-electron chi connectivity index (χ3n) is 1.71. The molecular weight excluding hydrogens is 216 g/mol. The molecule has 78 valence electrons. The summed E-state index contributed by atoms with van der Waals surface area (Å²) >= 11 is 1.01. The predicted octanol–water partition coefficient (Wildman–Crippen LogP) is -0.371. The molecule has 2 rings (SSSR count). The highest BCUT2D eigenvalue weighted by Crippen LogP contribution is 1.94. The van der Waals surface area contributed by atoms with Gasteiger partial charge in [-0.05, 0) is 0 Å². The van der Waals surface area contributed by atoms with Gasteiger partial charge in [-0.3, -0.25) is 9.89 Å². The van der Waals surface area contributed by atoms with Crippen molar-refractivity contribution in [2.24, 2.45) is 0 Å². The third-order valence-corrected chi connectivity index (χ3v) is 2.18. The van der Waals surface area contributed by atoms with Crippen molar-refractivity contribution >= 4 is 17.6 Å². The molecule has 2 N–H and O–H groups in total. The van der Waals surface area contributed by atoms with Crippen LogP contribution in [0.1, 0.15) is 16.3 Å². The van der Waals surface area contributed by atoms with Gasteiger partial charge in [0.1, 0.15) is 12.2 Å². The van der Waals surface area contributed by atoms with Crippen molar-refractivity contribution < 1.29 is 4.79 Å². The highest BCUT2D eigenvalue weighted by molar-refractivity contribution is 6.99. The number of hydrogen-bond donors (Lipinski definition) is 2. The molecule has 0 unspecified atom stereocenters. The van der Waals surface area contributed by atoms with E-state index >= 15 is 0 Å². The molecule has 0 atom stereocenters. The van der Waals surface area contributed by atoms with Gasteiger partial charge in [0.2, 0.25) is 0 Å². The zero-order valence-electron chi connectivity index (χ0n) is 7.67. The molecule has 2 aromatic heterocycles. The molecule has 0 aliphatic heterocycles. The molecule has 0 bridgehead atoms. The Bertz CT molecular complexity index is 411. The Balaban J connectivity index is 1.77. The van der Waals surface area contributed by atoms with Crippen molar-refractivity contribution in [3.63, 3.8) is 0 Å². The third kappa shape index (κ3) is 2.56. The van der Waals surface area contributed by atoms with E-state index in [2.05, 4.69) is 29.2 Å². The number of H-pyrrole nitrogens is 1. The van der Waals surface area contributed by atoms with Crippen LogP contribution < -0.4 is 5.32 Å². The fourth-order valence-corrected chi connectivity index (χ4v) is 1.41. The lowest BCUT2D eigenvalue weighted by Gasteiger charge is -1.99. The maximum Gasteiger partial charge on any atom is 0.272 e. The molecule has 0 aromatic carbocycles. The number of carbonyl (C=O) groups excluding carboxylic acids is 1. The van der Waals surface area contributed by atoms with Crippen LogP contribution in [0.3, 0.4) is 0 Å². The van der Waals surface area contributed by atoms with Gasteiger partial charge in [0.25, 0.3) is 5.91 Å². The maximum absolute atomic E-state index is 11.4. The lowest BCUT2D eigenvalue weighted by Crippen LogP contribution is -2.26. The minimum Gasteiger partial charge on any atom is -0.350 e. The zero-order valence-corrected chi connectivity index (χ0v) is 8.49. The van der Waals surface area contributed by atoms with E-state index in [4.69, 9.17) is 0 Å². The summed E-state index contributed by atoms with van der Waals surface area (Å²) in [5.41, 5.74) is 0.345. The van der Waals surface area contributed by atoms with E-state index in [1.165, 1.54) is 12.5 Å². The Morgan fingerprint density at radius 2 is 2.53 bits per heavy atom. The lowest BCUT2D eigenvalue weighted by molar-refractivity contribution is 0.0950. The van der Waals surface area contributed by atoms with Crippen LogP contribution in [0.15, 0.2) is 12.5 Å². The highest BCUT2D eigenvalue weighted by Gasteiger charge is 2.07. The van der Waals surface area contributed by atoms with Gasteiger partial charge >= 0.3 is 0 Å². The maximum atomic E-state index is 11.4. The predicted molar refractivity (Wildman–Crippen MR) is 52.3 cm³/mol. The van der Waals surface area contributed by atoms with E-state index in [-0.39, 0.29) is 5.91 Å². The van der Waals surface area contributed by atoms with Gasteiger partial charge < -0.3 is 5.32 Å². The van der Waals surface area contributed by atoms with Crippen molar-refractivity contribution in [1.82, 2.24) is 29.2 Å². The fraction of sp³-hybridized carbons (Fsp3) is 0.286. The van der Waals surface area contributed by atoms with Gasteiger partial charge in [-0.2, -0.15) is 13.8 Å². The summed E-state index contributed by atoms with van der Waals surface area (Å²) in [6.07, 6.45) is 3.49. The lowest BCUT2D eigenvalue weighted by atomic mass is 10.4. The summed E-state index contributed by atoms with van der Waals surface area (Å²) < 4.78 is 7.56. The number of aromatic amines is 1. The van der Waals surface area contributed by atoms with E-state index in [0.717, 1.165) is 17.6 Å². The molecule has 15 heavy (non-hydrogen) atoms. The first-order valence-electron chi connectivity index (χ1n) is 4.26. The molecule has 0 saturated carbocycles. The first-order valence-corrected chi connectivity index (χ1v) is 4.99. The van der Waals surface area contributed by atoms with Gasteiger partial charge in [0.05, 0.1) is 17.9 Å². The molecule has 1 amide bonds. The van der Waals surface area contributed by atoms with Crippen LogP contribution in [-0.4, -0.2) is 36.4 Å². The summed E-state index contributed by atoms with van der Waals surface area (Å²) in [7, 11) is 0. The Kier molecular flexibility index (Phi) is 2.98. The van der Waals surface area contributed by atoms with Crippen LogP contribution >= 0.6 is 11.7 Å². The molecular formula is C7H8N6OS. The minimum absolute atomic E-state index is 0.219. The first kappa shape index (κ1) is 9.71. The number of amides is 1. The van der Waals surface area contributed by atoms with E-state index < -0.39 is 0 Å². The van der Waals surface area contributed by atoms with Crippen LogP contribution in [0, 0.1) is 0 Å². The summed E-state index contributed by atoms with van der Waals surface area (Å²) in [5, 5.41) is 9.11. The fourth-order valence-electron chi connectivity index (χ4n) is 1.00. The second kappa shape index (κ2) is 4.60. The van der Waals surface area contributed by atoms with Crippen molar-refractivity contribution in [2.45, 2.75) is 6.42 Å². The molecule has 0 aliphatic carbocycles. The molecule has 8 heteroatoms. The van der Waals surface area contributed by atoms with Crippen molar-refractivity contribution in [1.29, 1.82) is 0 Å². The number of nitrogens with one attached hydrogen (secondary N) is 2. The van der Waals surface area contributed by atoms with Crippen molar-refractivity contribution in [3.8, 4) is 0 Å². The Morgan fingerprint density at radius 3 is 3.20 bits per heavy atom. The molecule has 7 nitrogen and oxygen atoms in total. The number of aromatic nitrogens is 5. The van der Waals surface area contributed by atoms with Crippen LogP contribution in [0.25, 0.3) is 0 Å². The molecule has 0 aliphatic rings. The van der Waals surface area contributed by atoms with Gasteiger partial charge in [-0.25, -0.2) is 4.98 Å². The van der Waals surface area contributed by atoms with Gasteiger partial charge in [0.15, 0.2) is 5.69 Å². The second-order valence-electron chi connectivity index (χ2n) is 2.73. The zero-order chi connectivity index (χ0) is 10.5. The second-order valence-corrected chi connectivity index (χ2v) is 3.29.